The first-order chi connectivity index (χ1) is 10.2. The molecule has 0 radical (unpaired) electrons. The van der Waals surface area contributed by atoms with E-state index in [1.807, 2.05) is 37.3 Å². The zero-order valence-electron chi connectivity index (χ0n) is 12.2. The molecule has 1 aromatic heterocycles. The first-order valence-electron chi connectivity index (χ1n) is 7.30. The van der Waals surface area contributed by atoms with Gasteiger partial charge >= 0.3 is 0 Å². The molecule has 0 atom stereocenters. The number of aromatic nitrogens is 2. The van der Waals surface area contributed by atoms with Gasteiger partial charge in [0.15, 0.2) is 0 Å². The Labute approximate surface area is 124 Å². The van der Waals surface area contributed by atoms with Crippen LogP contribution in [0.1, 0.15) is 30.1 Å². The fraction of sp³-hybridized carbons (Fsp3) is 0.375. The molecule has 0 unspecified atom stereocenters. The number of hydrogen-bond donors (Lipinski definition) is 2. The maximum absolute atomic E-state index is 5.96. The van der Waals surface area contributed by atoms with Crippen LogP contribution in [0.5, 0.6) is 5.75 Å². The number of nitrogens with one attached hydrogen (secondary N) is 1. The van der Waals surface area contributed by atoms with E-state index in [-0.39, 0.29) is 0 Å². The van der Waals surface area contributed by atoms with Crippen molar-refractivity contribution in [3.05, 3.63) is 41.7 Å². The van der Waals surface area contributed by atoms with Gasteiger partial charge in [0.2, 0.25) is 0 Å². The molecule has 3 rings (SSSR count). The molecule has 0 amide bonds. The molecule has 3 N–H and O–H groups in total. The highest BCUT2D eigenvalue weighted by Crippen LogP contribution is 2.39. The second-order valence-corrected chi connectivity index (χ2v) is 5.30. The van der Waals surface area contributed by atoms with Gasteiger partial charge in [0.25, 0.3) is 0 Å². The van der Waals surface area contributed by atoms with Crippen molar-refractivity contribution in [3.8, 4) is 5.75 Å². The van der Waals surface area contributed by atoms with Crippen molar-refractivity contribution in [2.24, 2.45) is 0 Å². The lowest BCUT2D eigenvalue weighted by atomic mass is 10.3. The molecule has 2 aromatic rings. The van der Waals surface area contributed by atoms with E-state index >= 15 is 0 Å². The van der Waals surface area contributed by atoms with Crippen LogP contribution in [0.15, 0.2) is 30.3 Å². The van der Waals surface area contributed by atoms with Crippen LogP contribution in [0.3, 0.4) is 0 Å². The summed E-state index contributed by atoms with van der Waals surface area (Å²) in [6.45, 7) is 3.19. The van der Waals surface area contributed by atoms with E-state index < -0.39 is 0 Å². The van der Waals surface area contributed by atoms with Crippen LogP contribution in [-0.2, 0) is 0 Å². The van der Waals surface area contributed by atoms with Gasteiger partial charge in [0.1, 0.15) is 29.8 Å². The van der Waals surface area contributed by atoms with Crippen LogP contribution in [-0.4, -0.2) is 23.1 Å². The maximum atomic E-state index is 5.96. The first kappa shape index (κ1) is 13.7. The van der Waals surface area contributed by atoms with Gasteiger partial charge in [-0.25, -0.2) is 9.97 Å². The molecule has 1 fully saturated rings. The molecule has 5 nitrogen and oxygen atoms in total. The molecule has 1 aliphatic carbocycles. The molecule has 0 aliphatic heterocycles. The summed E-state index contributed by atoms with van der Waals surface area (Å²) < 4.78 is 5.65. The average molecular weight is 284 g/mol. The Morgan fingerprint density at radius 2 is 2.00 bits per heavy atom. The molecule has 0 spiro atoms. The number of ether oxygens (including phenoxy) is 1. The van der Waals surface area contributed by atoms with Crippen LogP contribution in [0.2, 0.25) is 0 Å². The first-order valence-corrected chi connectivity index (χ1v) is 7.30. The Bertz CT molecular complexity index is 611. The number of anilines is 2. The number of rotatable bonds is 6. The lowest BCUT2D eigenvalue weighted by molar-refractivity contribution is 0.332. The van der Waals surface area contributed by atoms with E-state index in [1.165, 1.54) is 12.8 Å². The van der Waals surface area contributed by atoms with Crippen molar-refractivity contribution < 1.29 is 4.74 Å². The predicted molar refractivity (Wildman–Crippen MR) is 83.6 cm³/mol. The summed E-state index contributed by atoms with van der Waals surface area (Å²) in [5, 5.41) is 3.29. The van der Waals surface area contributed by atoms with Gasteiger partial charge in [-0.2, -0.15) is 0 Å². The number of nitrogen functional groups attached to an aromatic ring is 1. The Morgan fingerprint density at radius 3 is 2.71 bits per heavy atom. The second kappa shape index (κ2) is 5.99. The predicted octanol–water partition coefficient (Wildman–Crippen LogP) is 2.74. The zero-order valence-corrected chi connectivity index (χ0v) is 12.2. The number of benzene rings is 1. The minimum absolute atomic E-state index is 0.494. The average Bonchev–Trinajstić information content (AvgIpc) is 3.33. The van der Waals surface area contributed by atoms with E-state index in [2.05, 4.69) is 15.3 Å². The zero-order chi connectivity index (χ0) is 14.7. The van der Waals surface area contributed by atoms with E-state index in [1.54, 1.807) is 0 Å². The van der Waals surface area contributed by atoms with Gasteiger partial charge in [-0.05, 0) is 31.9 Å². The summed E-state index contributed by atoms with van der Waals surface area (Å²) in [5.74, 6) is 3.62. The summed E-state index contributed by atoms with van der Waals surface area (Å²) in [6.07, 6.45) is 2.33. The highest BCUT2D eigenvalue weighted by Gasteiger charge is 2.27. The van der Waals surface area contributed by atoms with Crippen molar-refractivity contribution in [2.75, 3.05) is 24.2 Å². The smallest absolute Gasteiger partial charge is 0.136 e. The largest absolute Gasteiger partial charge is 0.492 e. The Morgan fingerprint density at radius 1 is 1.24 bits per heavy atom. The fourth-order valence-electron chi connectivity index (χ4n) is 2.10. The van der Waals surface area contributed by atoms with Crippen LogP contribution in [0.4, 0.5) is 11.6 Å². The van der Waals surface area contributed by atoms with Crippen LogP contribution in [0, 0.1) is 6.92 Å². The monoisotopic (exact) mass is 284 g/mol. The van der Waals surface area contributed by atoms with Gasteiger partial charge in [-0.1, -0.05) is 18.2 Å². The summed E-state index contributed by atoms with van der Waals surface area (Å²) in [4.78, 5) is 8.95. The minimum Gasteiger partial charge on any atom is -0.492 e. The molecular weight excluding hydrogens is 264 g/mol. The third-order valence-corrected chi connectivity index (χ3v) is 3.55. The van der Waals surface area contributed by atoms with Gasteiger partial charge in [0, 0.05) is 11.5 Å². The van der Waals surface area contributed by atoms with Gasteiger partial charge in [0.05, 0.1) is 6.54 Å². The molecule has 1 aliphatic rings. The van der Waals surface area contributed by atoms with E-state index in [4.69, 9.17) is 10.5 Å². The van der Waals surface area contributed by atoms with Gasteiger partial charge < -0.3 is 15.8 Å². The lowest BCUT2D eigenvalue weighted by Gasteiger charge is -2.12. The van der Waals surface area contributed by atoms with Crippen molar-refractivity contribution in [1.82, 2.24) is 9.97 Å². The number of hydrogen-bond acceptors (Lipinski definition) is 5. The van der Waals surface area contributed by atoms with Crippen molar-refractivity contribution in [1.29, 1.82) is 0 Å². The second-order valence-electron chi connectivity index (χ2n) is 5.30. The standard InChI is InChI=1S/C16H20N4O/c1-11-14(17)19-16(12-7-8-12)20-15(11)18-9-10-21-13-5-3-2-4-6-13/h2-6,12H,7-10H2,1H3,(H3,17,18,19,20). The Kier molecular flexibility index (Phi) is 3.90. The van der Waals surface area contributed by atoms with Gasteiger partial charge in [-0.15, -0.1) is 0 Å². The van der Waals surface area contributed by atoms with Crippen molar-refractivity contribution >= 4 is 11.6 Å². The lowest BCUT2D eigenvalue weighted by Crippen LogP contribution is -2.15. The normalized spacial score (nSPS) is 14.0. The molecule has 0 bridgehead atoms. The van der Waals surface area contributed by atoms with Crippen molar-refractivity contribution in [2.45, 2.75) is 25.7 Å². The highest BCUT2D eigenvalue weighted by atomic mass is 16.5. The third-order valence-electron chi connectivity index (χ3n) is 3.55. The van der Waals surface area contributed by atoms with Crippen LogP contribution in [0.25, 0.3) is 0 Å². The Hall–Kier alpha value is -2.30. The SMILES string of the molecule is Cc1c(N)nc(C2CC2)nc1NCCOc1ccccc1. The molecule has 5 heteroatoms. The van der Waals surface area contributed by atoms with E-state index in [0.29, 0.717) is 24.9 Å². The summed E-state index contributed by atoms with van der Waals surface area (Å²) in [7, 11) is 0. The third kappa shape index (κ3) is 3.42. The van der Waals surface area contributed by atoms with Gasteiger partial charge in [-0.3, -0.25) is 0 Å². The Balaban J connectivity index is 1.57. The van der Waals surface area contributed by atoms with E-state index in [0.717, 1.165) is 23.0 Å². The molecule has 110 valence electrons. The molecule has 1 heterocycles. The quantitative estimate of drug-likeness (QED) is 0.798. The molecule has 0 saturated heterocycles. The molecular formula is C16H20N4O. The minimum atomic E-state index is 0.494. The molecule has 1 saturated carbocycles. The summed E-state index contributed by atoms with van der Waals surface area (Å²) >= 11 is 0. The number of nitrogens with two attached hydrogens (primary N) is 1. The summed E-state index contributed by atoms with van der Waals surface area (Å²) in [5.41, 5.74) is 6.86. The van der Waals surface area contributed by atoms with Crippen molar-refractivity contribution in [3.63, 3.8) is 0 Å². The molecule has 21 heavy (non-hydrogen) atoms. The number of nitrogens with zero attached hydrogens (tertiary/aromatic N) is 2. The summed E-state index contributed by atoms with van der Waals surface area (Å²) in [6, 6.07) is 9.77. The fourth-order valence-corrected chi connectivity index (χ4v) is 2.10. The maximum Gasteiger partial charge on any atom is 0.136 e. The van der Waals surface area contributed by atoms with E-state index in [9.17, 15) is 0 Å². The number of para-hydroxylation sites is 1. The highest BCUT2D eigenvalue weighted by molar-refractivity contribution is 5.55. The van der Waals surface area contributed by atoms with Crippen LogP contribution >= 0.6 is 0 Å². The van der Waals surface area contributed by atoms with Crippen LogP contribution < -0.4 is 15.8 Å². The molecule has 1 aromatic carbocycles. The topological polar surface area (TPSA) is 73.1 Å².